The lowest BCUT2D eigenvalue weighted by Gasteiger charge is -2.09. The quantitative estimate of drug-likeness (QED) is 0.390. The fraction of sp³-hybridized carbons (Fsp3) is 0. The number of hydrogen-bond donors (Lipinski definition) is 0. The molecule has 0 N–H and O–H groups in total. The van der Waals surface area contributed by atoms with Gasteiger partial charge in [0.05, 0.1) is 11.0 Å². The second-order valence-corrected chi connectivity index (χ2v) is 6.54. The zero-order chi connectivity index (χ0) is 17.5. The van der Waals surface area contributed by atoms with E-state index in [1.54, 1.807) is 0 Å². The van der Waals surface area contributed by atoms with Gasteiger partial charge in [-0.1, -0.05) is 78.3 Å². The van der Waals surface area contributed by atoms with Crippen LogP contribution in [0.5, 0.6) is 0 Å². The molecule has 0 aliphatic rings. The van der Waals surface area contributed by atoms with Crippen LogP contribution < -0.4 is 5.46 Å². The molecule has 2 radical (unpaired) electrons. The van der Waals surface area contributed by atoms with Crippen molar-refractivity contribution in [3.05, 3.63) is 97.1 Å². The normalized spacial score (nSPS) is 11.2. The van der Waals surface area contributed by atoms with E-state index in [9.17, 15) is 0 Å². The van der Waals surface area contributed by atoms with E-state index < -0.39 is 0 Å². The minimum absolute atomic E-state index is 0.780. The highest BCUT2D eigenvalue weighted by Crippen LogP contribution is 2.32. The molecule has 0 saturated carbocycles. The molecule has 0 atom stereocenters. The average Bonchev–Trinajstić information content (AvgIpc) is 3.02. The van der Waals surface area contributed by atoms with Crippen molar-refractivity contribution in [2.75, 3.05) is 0 Å². The zero-order valence-electron chi connectivity index (χ0n) is 14.3. The Bertz CT molecular complexity index is 1220. The number of benzene rings is 4. The topological polar surface area (TPSA) is 4.93 Å². The maximum Gasteiger partial charge on any atom is 0.113 e. The summed E-state index contributed by atoms with van der Waals surface area (Å²) in [5, 5.41) is 2.47. The van der Waals surface area contributed by atoms with Crippen molar-refractivity contribution in [1.82, 2.24) is 4.57 Å². The van der Waals surface area contributed by atoms with Crippen molar-refractivity contribution in [1.29, 1.82) is 0 Å². The molecule has 26 heavy (non-hydrogen) atoms. The molecule has 0 aliphatic heterocycles. The minimum Gasteiger partial charge on any atom is -0.309 e. The smallest absolute Gasteiger partial charge is 0.113 e. The Morgan fingerprint density at radius 3 is 2.00 bits per heavy atom. The molecule has 0 aliphatic carbocycles. The van der Waals surface area contributed by atoms with Crippen LogP contribution in [0.4, 0.5) is 0 Å². The lowest BCUT2D eigenvalue weighted by Crippen LogP contribution is -2.02. The first kappa shape index (κ1) is 15.0. The maximum atomic E-state index is 6.08. The Morgan fingerprint density at radius 1 is 0.538 bits per heavy atom. The Labute approximate surface area is 153 Å². The van der Waals surface area contributed by atoms with Crippen LogP contribution in [-0.2, 0) is 0 Å². The van der Waals surface area contributed by atoms with Crippen LogP contribution in [0.25, 0.3) is 38.6 Å². The van der Waals surface area contributed by atoms with Crippen molar-refractivity contribution < 1.29 is 0 Å². The van der Waals surface area contributed by atoms with Crippen molar-refractivity contribution in [3.8, 4) is 16.8 Å². The summed E-state index contributed by atoms with van der Waals surface area (Å²) in [4.78, 5) is 0. The van der Waals surface area contributed by atoms with Crippen LogP contribution in [0, 0.1) is 0 Å². The van der Waals surface area contributed by atoms with Gasteiger partial charge in [-0.3, -0.25) is 0 Å². The van der Waals surface area contributed by atoms with Crippen LogP contribution in [0.15, 0.2) is 97.1 Å². The van der Waals surface area contributed by atoms with Gasteiger partial charge in [0.25, 0.3) is 0 Å². The van der Waals surface area contributed by atoms with Crippen molar-refractivity contribution in [3.63, 3.8) is 0 Å². The van der Waals surface area contributed by atoms with Gasteiger partial charge >= 0.3 is 0 Å². The van der Waals surface area contributed by atoms with E-state index in [1.807, 2.05) is 12.1 Å². The van der Waals surface area contributed by atoms with E-state index in [1.165, 1.54) is 27.4 Å². The first-order chi connectivity index (χ1) is 12.8. The number of para-hydroxylation sites is 1. The molecule has 1 heterocycles. The number of nitrogens with zero attached hydrogens (tertiary/aromatic N) is 1. The molecular formula is C24H16BN. The van der Waals surface area contributed by atoms with Gasteiger partial charge in [-0.05, 0) is 35.4 Å². The molecule has 0 fully saturated rings. The SMILES string of the molecule is [B]c1ccc2c3ccccc3n(-c3ccc(-c4ccccc4)cc3)c2c1. The van der Waals surface area contributed by atoms with Gasteiger partial charge in [0, 0.05) is 16.5 Å². The summed E-state index contributed by atoms with van der Waals surface area (Å²) in [5.74, 6) is 0. The molecule has 0 spiro atoms. The van der Waals surface area contributed by atoms with E-state index >= 15 is 0 Å². The molecule has 5 rings (SSSR count). The number of rotatable bonds is 2. The van der Waals surface area contributed by atoms with E-state index in [0.29, 0.717) is 0 Å². The first-order valence-corrected chi connectivity index (χ1v) is 8.76. The second kappa shape index (κ2) is 5.92. The highest BCUT2D eigenvalue weighted by molar-refractivity contribution is 6.33. The maximum absolute atomic E-state index is 6.08. The van der Waals surface area contributed by atoms with E-state index in [0.717, 1.165) is 16.7 Å². The highest BCUT2D eigenvalue weighted by Gasteiger charge is 2.11. The lowest BCUT2D eigenvalue weighted by molar-refractivity contribution is 1.18. The average molecular weight is 329 g/mol. The summed E-state index contributed by atoms with van der Waals surface area (Å²) in [6.45, 7) is 0. The summed E-state index contributed by atoms with van der Waals surface area (Å²) < 4.78 is 2.29. The fourth-order valence-electron chi connectivity index (χ4n) is 3.70. The van der Waals surface area contributed by atoms with Crippen molar-refractivity contribution >= 4 is 35.1 Å². The Kier molecular flexibility index (Phi) is 3.43. The molecule has 0 amide bonds. The summed E-state index contributed by atoms with van der Waals surface area (Å²) >= 11 is 0. The third-order valence-electron chi connectivity index (χ3n) is 4.93. The van der Waals surface area contributed by atoms with E-state index in [-0.39, 0.29) is 0 Å². The molecule has 4 aromatic carbocycles. The summed E-state index contributed by atoms with van der Waals surface area (Å²) in [6.07, 6.45) is 0. The Morgan fingerprint density at radius 2 is 1.19 bits per heavy atom. The fourth-order valence-corrected chi connectivity index (χ4v) is 3.70. The highest BCUT2D eigenvalue weighted by atomic mass is 15.0. The Balaban J connectivity index is 1.74. The molecule has 5 aromatic rings. The van der Waals surface area contributed by atoms with Crippen molar-refractivity contribution in [2.24, 2.45) is 0 Å². The predicted octanol–water partition coefficient (Wildman–Crippen LogP) is 5.24. The van der Waals surface area contributed by atoms with Gasteiger partial charge in [0.2, 0.25) is 0 Å². The molecule has 2 heteroatoms. The molecule has 1 nitrogen and oxygen atoms in total. The van der Waals surface area contributed by atoms with Gasteiger partial charge in [-0.2, -0.15) is 0 Å². The van der Waals surface area contributed by atoms with Crippen LogP contribution in [0.1, 0.15) is 0 Å². The summed E-state index contributed by atoms with van der Waals surface area (Å²) in [5.41, 5.74) is 6.70. The molecule has 0 unspecified atom stereocenters. The van der Waals surface area contributed by atoms with Gasteiger partial charge in [0.1, 0.15) is 7.85 Å². The van der Waals surface area contributed by atoms with Crippen molar-refractivity contribution in [2.45, 2.75) is 0 Å². The third kappa shape index (κ3) is 2.34. The van der Waals surface area contributed by atoms with Gasteiger partial charge < -0.3 is 4.57 Å². The van der Waals surface area contributed by atoms with Crippen LogP contribution in [0.3, 0.4) is 0 Å². The molecule has 1 aromatic heterocycles. The van der Waals surface area contributed by atoms with Crippen LogP contribution in [-0.4, -0.2) is 12.4 Å². The molecule has 0 bridgehead atoms. The third-order valence-corrected chi connectivity index (χ3v) is 4.93. The molecule has 0 saturated heterocycles. The minimum atomic E-state index is 0.780. The molecule has 120 valence electrons. The second-order valence-electron chi connectivity index (χ2n) is 6.54. The van der Waals surface area contributed by atoms with Crippen LogP contribution >= 0.6 is 0 Å². The number of fused-ring (bicyclic) bond motifs is 3. The van der Waals surface area contributed by atoms with E-state index in [4.69, 9.17) is 7.85 Å². The standard InChI is InChI=1S/C24H16BN/c25-19-12-15-22-21-8-4-5-9-23(21)26(24(22)16-19)20-13-10-18(11-14-20)17-6-2-1-3-7-17/h1-16H. The number of hydrogen-bond acceptors (Lipinski definition) is 0. The zero-order valence-corrected chi connectivity index (χ0v) is 14.3. The summed E-state index contributed by atoms with van der Waals surface area (Å²) in [6, 6.07) is 33.8. The number of aromatic nitrogens is 1. The first-order valence-electron chi connectivity index (χ1n) is 8.76. The molecular weight excluding hydrogens is 313 g/mol. The largest absolute Gasteiger partial charge is 0.309 e. The van der Waals surface area contributed by atoms with Gasteiger partial charge in [-0.15, -0.1) is 0 Å². The lowest BCUT2D eigenvalue weighted by atomic mass is 9.95. The predicted molar refractivity (Wildman–Crippen MR) is 112 cm³/mol. The van der Waals surface area contributed by atoms with Gasteiger partial charge in [-0.25, -0.2) is 0 Å². The van der Waals surface area contributed by atoms with Crippen LogP contribution in [0.2, 0.25) is 0 Å². The van der Waals surface area contributed by atoms with Gasteiger partial charge in [0.15, 0.2) is 0 Å². The summed E-state index contributed by atoms with van der Waals surface area (Å²) in [7, 11) is 6.08. The van der Waals surface area contributed by atoms with E-state index in [2.05, 4.69) is 89.5 Å². The Hall–Kier alpha value is -3.26. The monoisotopic (exact) mass is 329 g/mol.